The normalized spacial score (nSPS) is 14.1. The molecule has 37 heavy (non-hydrogen) atoms. The average molecular weight is 493 g/mol. The highest BCUT2D eigenvalue weighted by Crippen LogP contribution is 2.27. The molecule has 8 nitrogen and oxygen atoms in total. The maximum Gasteiger partial charge on any atom is 0.339 e. The molecule has 8 heteroatoms. The van der Waals surface area contributed by atoms with Crippen LogP contribution in [0.25, 0.3) is 16.9 Å². The van der Waals surface area contributed by atoms with Gasteiger partial charge >= 0.3 is 5.97 Å². The lowest BCUT2D eigenvalue weighted by Gasteiger charge is -2.32. The number of aromatic nitrogens is 4. The number of carbonyl (C=O) groups excluding carboxylic acids is 1. The molecule has 0 atom stereocenters. The molecule has 1 aliphatic heterocycles. The number of methoxy groups -OCH3 is 1. The molecule has 0 unspecified atom stereocenters. The van der Waals surface area contributed by atoms with Gasteiger partial charge in [0.1, 0.15) is 12.1 Å². The lowest BCUT2D eigenvalue weighted by molar-refractivity contribution is 0.0600. The van der Waals surface area contributed by atoms with Gasteiger partial charge in [-0.15, -0.1) is 0 Å². The SMILES string of the molecule is COC(=O)c1cnc(-n2ccnc2)c(-c2ccc(C#Cc3ccc(CN4CCN(C)CC4)nc3)cc2)c1. The van der Waals surface area contributed by atoms with Crippen LogP contribution in [0.5, 0.6) is 0 Å². The van der Waals surface area contributed by atoms with Gasteiger partial charge in [-0.25, -0.2) is 14.8 Å². The van der Waals surface area contributed by atoms with Crippen molar-refractivity contribution in [2.24, 2.45) is 0 Å². The summed E-state index contributed by atoms with van der Waals surface area (Å²) in [6.07, 6.45) is 8.52. The minimum atomic E-state index is -0.434. The number of hydrogen-bond donors (Lipinski definition) is 0. The van der Waals surface area contributed by atoms with Crippen LogP contribution < -0.4 is 0 Å². The third kappa shape index (κ3) is 5.92. The van der Waals surface area contributed by atoms with E-state index >= 15 is 0 Å². The van der Waals surface area contributed by atoms with E-state index in [0.29, 0.717) is 11.4 Å². The maximum absolute atomic E-state index is 12.1. The molecular weight excluding hydrogens is 464 g/mol. The third-order valence-corrected chi connectivity index (χ3v) is 6.39. The number of ether oxygens (including phenoxy) is 1. The van der Waals surface area contributed by atoms with Gasteiger partial charge in [0.25, 0.3) is 0 Å². The molecule has 186 valence electrons. The molecule has 5 rings (SSSR count). The smallest absolute Gasteiger partial charge is 0.339 e. The zero-order chi connectivity index (χ0) is 25.6. The fourth-order valence-corrected chi connectivity index (χ4v) is 4.19. The average Bonchev–Trinajstić information content (AvgIpc) is 3.48. The van der Waals surface area contributed by atoms with Crippen LogP contribution in [0.3, 0.4) is 0 Å². The standard InChI is InChI=1S/C29H28N6O2/c1-33-13-15-34(16-14-33)20-26-10-7-23(18-31-26)4-3-22-5-8-24(9-6-22)27-17-25(29(36)37-2)19-32-28(27)35-12-11-30-21-35/h5-12,17-19,21H,13-16,20H2,1-2H3. The van der Waals surface area contributed by atoms with Crippen LogP contribution in [0, 0.1) is 11.8 Å². The second-order valence-electron chi connectivity index (χ2n) is 9.00. The van der Waals surface area contributed by atoms with E-state index in [1.54, 1.807) is 18.6 Å². The molecule has 0 N–H and O–H groups in total. The maximum atomic E-state index is 12.1. The zero-order valence-electron chi connectivity index (χ0n) is 21.0. The Labute approximate surface area is 216 Å². The number of likely N-dealkylation sites (N-methyl/N-ethyl adjacent to an activating group) is 1. The molecule has 0 amide bonds. The van der Waals surface area contributed by atoms with Gasteiger partial charge in [-0.3, -0.25) is 14.5 Å². The van der Waals surface area contributed by atoms with Crippen LogP contribution in [0.2, 0.25) is 0 Å². The van der Waals surface area contributed by atoms with Crippen molar-refractivity contribution in [3.8, 4) is 28.8 Å². The van der Waals surface area contributed by atoms with Gasteiger partial charge in [0.2, 0.25) is 0 Å². The number of benzene rings is 1. The Morgan fingerprint density at radius 3 is 2.41 bits per heavy atom. The zero-order valence-corrected chi connectivity index (χ0v) is 21.0. The molecular formula is C29H28N6O2. The molecule has 1 saturated heterocycles. The van der Waals surface area contributed by atoms with Crippen LogP contribution in [-0.2, 0) is 11.3 Å². The minimum absolute atomic E-state index is 0.383. The molecule has 0 radical (unpaired) electrons. The quantitative estimate of drug-likeness (QED) is 0.313. The molecule has 1 aliphatic rings. The summed E-state index contributed by atoms with van der Waals surface area (Å²) in [6.45, 7) is 5.21. The van der Waals surface area contributed by atoms with Crippen molar-refractivity contribution in [3.05, 3.63) is 96.0 Å². The van der Waals surface area contributed by atoms with E-state index in [-0.39, 0.29) is 0 Å². The van der Waals surface area contributed by atoms with Crippen molar-refractivity contribution in [1.82, 2.24) is 29.3 Å². The van der Waals surface area contributed by atoms with Crippen molar-refractivity contribution in [2.45, 2.75) is 6.54 Å². The van der Waals surface area contributed by atoms with E-state index in [0.717, 1.165) is 60.7 Å². The van der Waals surface area contributed by atoms with Crippen LogP contribution in [-0.4, -0.2) is 75.6 Å². The first-order valence-corrected chi connectivity index (χ1v) is 12.1. The van der Waals surface area contributed by atoms with E-state index in [1.165, 1.54) is 13.3 Å². The largest absolute Gasteiger partial charge is 0.465 e. The molecule has 4 heterocycles. The van der Waals surface area contributed by atoms with Gasteiger partial charge in [-0.2, -0.15) is 0 Å². The lowest BCUT2D eigenvalue weighted by atomic mass is 10.0. The Bertz CT molecular complexity index is 1410. The summed E-state index contributed by atoms with van der Waals surface area (Å²) in [5.41, 5.74) is 4.91. The molecule has 0 aliphatic carbocycles. The van der Waals surface area contributed by atoms with Crippen molar-refractivity contribution >= 4 is 5.97 Å². The molecule has 1 fully saturated rings. The number of piperazine rings is 1. The van der Waals surface area contributed by atoms with Gasteiger partial charge in [0.05, 0.1) is 18.4 Å². The number of nitrogens with zero attached hydrogens (tertiary/aromatic N) is 6. The Balaban J connectivity index is 1.32. The fraction of sp³-hybridized carbons (Fsp3) is 0.241. The third-order valence-electron chi connectivity index (χ3n) is 6.39. The van der Waals surface area contributed by atoms with Gasteiger partial charge in [0.15, 0.2) is 0 Å². The summed E-state index contributed by atoms with van der Waals surface area (Å²) in [5.74, 6) is 6.66. The second-order valence-corrected chi connectivity index (χ2v) is 9.00. The number of pyridine rings is 2. The first-order valence-electron chi connectivity index (χ1n) is 12.1. The van der Waals surface area contributed by atoms with Gasteiger partial charge in [-0.1, -0.05) is 24.0 Å². The molecule has 0 spiro atoms. The highest BCUT2D eigenvalue weighted by Gasteiger charge is 2.15. The summed E-state index contributed by atoms with van der Waals surface area (Å²) in [6, 6.07) is 13.7. The molecule has 4 aromatic rings. The monoisotopic (exact) mass is 492 g/mol. The second kappa shape index (κ2) is 11.2. The molecule has 3 aromatic heterocycles. The summed E-state index contributed by atoms with van der Waals surface area (Å²) >= 11 is 0. The Morgan fingerprint density at radius 2 is 1.73 bits per heavy atom. The molecule has 0 saturated carbocycles. The van der Waals surface area contributed by atoms with E-state index in [1.807, 2.05) is 47.3 Å². The lowest BCUT2D eigenvalue weighted by Crippen LogP contribution is -2.43. The predicted octanol–water partition coefficient (Wildman–Crippen LogP) is 3.26. The van der Waals surface area contributed by atoms with Gasteiger partial charge in [-0.05, 0) is 42.9 Å². The van der Waals surface area contributed by atoms with E-state index in [9.17, 15) is 4.79 Å². The number of esters is 1. The van der Waals surface area contributed by atoms with E-state index in [2.05, 4.69) is 49.7 Å². The van der Waals surface area contributed by atoms with Crippen molar-refractivity contribution in [1.29, 1.82) is 0 Å². The minimum Gasteiger partial charge on any atom is -0.465 e. The highest BCUT2D eigenvalue weighted by atomic mass is 16.5. The Morgan fingerprint density at radius 1 is 0.973 bits per heavy atom. The number of rotatable bonds is 5. The number of carbonyl (C=O) groups is 1. The first kappa shape index (κ1) is 24.4. The molecule has 1 aromatic carbocycles. The highest BCUT2D eigenvalue weighted by molar-refractivity contribution is 5.91. The van der Waals surface area contributed by atoms with Crippen LogP contribution in [0.15, 0.2) is 73.6 Å². The van der Waals surface area contributed by atoms with Crippen molar-refractivity contribution < 1.29 is 9.53 Å². The topological polar surface area (TPSA) is 76.4 Å². The first-order chi connectivity index (χ1) is 18.1. The Hall–Kier alpha value is -4.32. The summed E-state index contributed by atoms with van der Waals surface area (Å²) in [5, 5.41) is 0. The van der Waals surface area contributed by atoms with Gasteiger partial charge < -0.3 is 9.64 Å². The number of imidazole rings is 1. The molecule has 0 bridgehead atoms. The van der Waals surface area contributed by atoms with Crippen molar-refractivity contribution in [2.75, 3.05) is 40.3 Å². The summed E-state index contributed by atoms with van der Waals surface area (Å²) in [4.78, 5) is 30.1. The number of hydrogen-bond acceptors (Lipinski definition) is 7. The summed E-state index contributed by atoms with van der Waals surface area (Å²) in [7, 11) is 3.52. The van der Waals surface area contributed by atoms with Gasteiger partial charge in [0, 0.05) is 74.2 Å². The Kier molecular flexibility index (Phi) is 7.36. The van der Waals surface area contributed by atoms with Crippen molar-refractivity contribution in [3.63, 3.8) is 0 Å². The van der Waals surface area contributed by atoms with Crippen LogP contribution in [0.4, 0.5) is 0 Å². The predicted molar refractivity (Wildman–Crippen MR) is 141 cm³/mol. The van der Waals surface area contributed by atoms with E-state index < -0.39 is 5.97 Å². The van der Waals surface area contributed by atoms with Crippen LogP contribution >= 0.6 is 0 Å². The fourth-order valence-electron chi connectivity index (χ4n) is 4.19. The van der Waals surface area contributed by atoms with E-state index in [4.69, 9.17) is 4.74 Å². The van der Waals surface area contributed by atoms with Crippen LogP contribution in [0.1, 0.15) is 27.2 Å². The summed E-state index contributed by atoms with van der Waals surface area (Å²) < 4.78 is 6.68.